The molecule has 0 aliphatic heterocycles. The van der Waals surface area contributed by atoms with Gasteiger partial charge in [0.15, 0.2) is 0 Å². The predicted molar refractivity (Wildman–Crippen MR) is 91.5 cm³/mol. The van der Waals surface area contributed by atoms with E-state index in [1.807, 2.05) is 0 Å². The molecule has 0 saturated carbocycles. The average molecular weight is 354 g/mol. The van der Waals surface area contributed by atoms with Crippen LogP contribution < -0.4 is 0 Å². The van der Waals surface area contributed by atoms with E-state index in [2.05, 4.69) is 19.7 Å². The second-order valence-electron chi connectivity index (χ2n) is 6.04. The summed E-state index contributed by atoms with van der Waals surface area (Å²) in [7, 11) is 0. The average Bonchev–Trinajstić information content (AvgIpc) is 2.54. The second kappa shape index (κ2) is 10.5. The van der Waals surface area contributed by atoms with Crippen LogP contribution in [0.1, 0.15) is 27.2 Å². The second-order valence-corrected chi connectivity index (χ2v) is 6.04. The number of aliphatic hydroxyl groups excluding tert-OH is 1. The monoisotopic (exact) mass is 354 g/mol. The van der Waals surface area contributed by atoms with Crippen LogP contribution in [-0.2, 0) is 28.6 Å². The first-order valence-corrected chi connectivity index (χ1v) is 7.63. The van der Waals surface area contributed by atoms with Gasteiger partial charge < -0.3 is 19.3 Å². The van der Waals surface area contributed by atoms with Gasteiger partial charge in [0.05, 0.1) is 5.41 Å². The SMILES string of the molecule is C=C(C)C(=O)OCC(CCO)(COC(=O)C(=C)C)COC(=O)C(=C)C. The quantitative estimate of drug-likeness (QED) is 0.342. The zero-order chi connectivity index (χ0) is 19.6. The zero-order valence-electron chi connectivity index (χ0n) is 15.1. The first-order valence-electron chi connectivity index (χ1n) is 7.63. The summed E-state index contributed by atoms with van der Waals surface area (Å²) in [6, 6.07) is 0. The maximum Gasteiger partial charge on any atom is 0.333 e. The van der Waals surface area contributed by atoms with Crippen LogP contribution in [0, 0.1) is 5.41 Å². The molecule has 0 aromatic heterocycles. The fourth-order valence-corrected chi connectivity index (χ4v) is 1.60. The number of carbonyl (C=O) groups is 3. The Morgan fingerprint density at radius 2 is 1.04 bits per heavy atom. The van der Waals surface area contributed by atoms with Gasteiger partial charge in [-0.15, -0.1) is 0 Å². The molecule has 1 N–H and O–H groups in total. The number of ether oxygens (including phenoxy) is 3. The summed E-state index contributed by atoms with van der Waals surface area (Å²) < 4.78 is 15.4. The van der Waals surface area contributed by atoms with Crippen molar-refractivity contribution in [3.05, 3.63) is 36.5 Å². The van der Waals surface area contributed by atoms with Crippen molar-refractivity contribution in [3.8, 4) is 0 Å². The van der Waals surface area contributed by atoms with Gasteiger partial charge in [0.2, 0.25) is 0 Å². The molecule has 0 aliphatic carbocycles. The molecule has 25 heavy (non-hydrogen) atoms. The van der Waals surface area contributed by atoms with Gasteiger partial charge in [-0.05, 0) is 27.2 Å². The molecule has 0 aromatic rings. The Balaban J connectivity index is 5.27. The Morgan fingerprint density at radius 1 is 0.760 bits per heavy atom. The van der Waals surface area contributed by atoms with Crippen LogP contribution in [0.15, 0.2) is 36.5 Å². The molecule has 0 heterocycles. The molecule has 7 heteroatoms. The van der Waals surface area contributed by atoms with E-state index in [0.717, 1.165) is 0 Å². The highest BCUT2D eigenvalue weighted by atomic mass is 16.6. The lowest BCUT2D eigenvalue weighted by molar-refractivity contribution is -0.158. The standard InChI is InChI=1S/C18H26O7/c1-12(2)15(20)23-9-18(7-8-19,10-24-16(21)13(3)4)11-25-17(22)14(5)6/h19H,1,3,5,7-11H2,2,4,6H3. The van der Waals surface area contributed by atoms with Crippen LogP contribution in [0.2, 0.25) is 0 Å². The molecule has 140 valence electrons. The summed E-state index contributed by atoms with van der Waals surface area (Å²) >= 11 is 0. The van der Waals surface area contributed by atoms with Gasteiger partial charge in [-0.2, -0.15) is 0 Å². The highest BCUT2D eigenvalue weighted by Gasteiger charge is 2.35. The fourth-order valence-electron chi connectivity index (χ4n) is 1.60. The molecule has 0 rings (SSSR count). The van der Waals surface area contributed by atoms with E-state index < -0.39 is 23.3 Å². The van der Waals surface area contributed by atoms with E-state index in [0.29, 0.717) is 0 Å². The van der Waals surface area contributed by atoms with Crippen LogP contribution in [-0.4, -0.2) is 49.4 Å². The van der Waals surface area contributed by atoms with Crippen molar-refractivity contribution in [3.63, 3.8) is 0 Å². The molecule has 7 nitrogen and oxygen atoms in total. The van der Waals surface area contributed by atoms with Crippen LogP contribution in [0.4, 0.5) is 0 Å². The minimum absolute atomic E-state index is 0.0728. The van der Waals surface area contributed by atoms with E-state index in [1.54, 1.807) is 0 Å². The van der Waals surface area contributed by atoms with Crippen molar-refractivity contribution >= 4 is 17.9 Å². The lowest BCUT2D eigenvalue weighted by Crippen LogP contribution is -2.40. The summed E-state index contributed by atoms with van der Waals surface area (Å²) in [4.78, 5) is 35.0. The van der Waals surface area contributed by atoms with Crippen molar-refractivity contribution in [1.82, 2.24) is 0 Å². The van der Waals surface area contributed by atoms with Gasteiger partial charge in [0, 0.05) is 23.3 Å². The molecule has 0 bridgehead atoms. The first kappa shape index (κ1) is 22.6. The molecule has 0 aromatic carbocycles. The van der Waals surface area contributed by atoms with Crippen molar-refractivity contribution in [2.24, 2.45) is 5.41 Å². The van der Waals surface area contributed by atoms with E-state index in [9.17, 15) is 19.5 Å². The Bertz CT molecular complexity index is 486. The van der Waals surface area contributed by atoms with Gasteiger partial charge in [0.1, 0.15) is 19.8 Å². The third-order valence-electron chi connectivity index (χ3n) is 3.22. The number of aliphatic hydroxyl groups is 1. The topological polar surface area (TPSA) is 99.1 Å². The highest BCUT2D eigenvalue weighted by molar-refractivity contribution is 5.88. The number of rotatable bonds is 11. The first-order chi connectivity index (χ1) is 11.5. The molecule has 0 radical (unpaired) electrons. The van der Waals surface area contributed by atoms with Crippen molar-refractivity contribution in [1.29, 1.82) is 0 Å². The zero-order valence-corrected chi connectivity index (χ0v) is 15.1. The minimum atomic E-state index is -1.10. The summed E-state index contributed by atoms with van der Waals surface area (Å²) in [5.41, 5.74) is -0.530. The molecular weight excluding hydrogens is 328 g/mol. The Morgan fingerprint density at radius 3 is 1.24 bits per heavy atom. The smallest absolute Gasteiger partial charge is 0.333 e. The van der Waals surface area contributed by atoms with Crippen LogP contribution in [0.25, 0.3) is 0 Å². The molecule has 0 unspecified atom stereocenters. The van der Waals surface area contributed by atoms with E-state index in [-0.39, 0.29) is 49.6 Å². The van der Waals surface area contributed by atoms with E-state index in [4.69, 9.17) is 14.2 Å². The summed E-state index contributed by atoms with van der Waals surface area (Å²) in [6.45, 7) is 13.9. The van der Waals surface area contributed by atoms with Crippen LogP contribution in [0.3, 0.4) is 0 Å². The lowest BCUT2D eigenvalue weighted by Gasteiger charge is -2.31. The summed E-state index contributed by atoms with van der Waals surface area (Å²) in [5.74, 6) is -1.92. The van der Waals surface area contributed by atoms with E-state index >= 15 is 0 Å². The molecular formula is C18H26O7. The maximum atomic E-state index is 11.7. The molecule has 0 fully saturated rings. The van der Waals surface area contributed by atoms with Gasteiger partial charge in [-0.3, -0.25) is 0 Å². The Hall–Kier alpha value is -2.41. The van der Waals surface area contributed by atoms with Crippen LogP contribution >= 0.6 is 0 Å². The van der Waals surface area contributed by atoms with Crippen LogP contribution in [0.5, 0.6) is 0 Å². The molecule has 0 atom stereocenters. The number of carbonyl (C=O) groups excluding carboxylic acids is 3. The molecule has 0 amide bonds. The van der Waals surface area contributed by atoms with Gasteiger partial charge >= 0.3 is 17.9 Å². The fraction of sp³-hybridized carbons (Fsp3) is 0.500. The molecule has 0 saturated heterocycles. The van der Waals surface area contributed by atoms with Gasteiger partial charge in [-0.1, -0.05) is 19.7 Å². The molecule has 0 aliphatic rings. The summed E-state index contributed by atoms with van der Waals surface area (Å²) in [5, 5.41) is 9.35. The van der Waals surface area contributed by atoms with Gasteiger partial charge in [0.25, 0.3) is 0 Å². The largest absolute Gasteiger partial charge is 0.461 e. The number of esters is 3. The summed E-state index contributed by atoms with van der Waals surface area (Å²) in [6.07, 6.45) is 0.0728. The predicted octanol–water partition coefficient (Wildman–Crippen LogP) is 1.71. The number of hydrogen-bond acceptors (Lipinski definition) is 7. The third kappa shape index (κ3) is 8.30. The highest BCUT2D eigenvalue weighted by Crippen LogP contribution is 2.25. The van der Waals surface area contributed by atoms with Crippen molar-refractivity contribution in [2.75, 3.05) is 26.4 Å². The molecule has 0 spiro atoms. The van der Waals surface area contributed by atoms with Crippen molar-refractivity contribution < 1.29 is 33.7 Å². The minimum Gasteiger partial charge on any atom is -0.461 e. The maximum absolute atomic E-state index is 11.7. The lowest BCUT2D eigenvalue weighted by atomic mass is 9.87. The third-order valence-corrected chi connectivity index (χ3v) is 3.22. The Labute approximate surface area is 147 Å². The van der Waals surface area contributed by atoms with Crippen molar-refractivity contribution in [2.45, 2.75) is 27.2 Å². The number of hydrogen-bond donors (Lipinski definition) is 1. The van der Waals surface area contributed by atoms with Gasteiger partial charge in [-0.25, -0.2) is 14.4 Å². The normalized spacial score (nSPS) is 10.6. The Kier molecular flexibility index (Phi) is 9.45. The van der Waals surface area contributed by atoms with E-state index in [1.165, 1.54) is 20.8 Å².